The Bertz CT molecular complexity index is 231. The molecule has 0 aromatic heterocycles. The zero-order valence-corrected chi connectivity index (χ0v) is 9.07. The molecule has 2 unspecified atom stereocenters. The van der Waals surface area contributed by atoms with Crippen molar-refractivity contribution in [3.63, 3.8) is 0 Å². The number of hydrogen-bond donors (Lipinski definition) is 0. The van der Waals surface area contributed by atoms with E-state index in [0.29, 0.717) is 17.7 Å². The molecule has 0 aromatic rings. The van der Waals surface area contributed by atoms with Crippen molar-refractivity contribution >= 4 is 11.6 Å². The Balaban J connectivity index is 1.77. The molecule has 0 aliphatic heterocycles. The summed E-state index contributed by atoms with van der Waals surface area (Å²) in [7, 11) is 0. The number of hydrogen-bond acceptors (Lipinski definition) is 1. The summed E-state index contributed by atoms with van der Waals surface area (Å²) in [5, 5.41) is 0. The van der Waals surface area contributed by atoms with Gasteiger partial charge in [-0.2, -0.15) is 13.2 Å². The zero-order chi connectivity index (χ0) is 11.1. The Kier molecular flexibility index (Phi) is 2.93. The summed E-state index contributed by atoms with van der Waals surface area (Å²) >= 11 is 5.84. The third-order valence-electron chi connectivity index (χ3n) is 3.42. The van der Waals surface area contributed by atoms with Gasteiger partial charge in [0.05, 0.1) is 6.61 Å². The van der Waals surface area contributed by atoms with Gasteiger partial charge in [0.15, 0.2) is 0 Å². The highest BCUT2D eigenvalue weighted by Gasteiger charge is 2.53. The zero-order valence-electron chi connectivity index (χ0n) is 8.32. The van der Waals surface area contributed by atoms with Crippen LogP contribution >= 0.6 is 11.6 Å². The van der Waals surface area contributed by atoms with E-state index >= 15 is 0 Å². The van der Waals surface area contributed by atoms with Gasteiger partial charge in [-0.1, -0.05) is 0 Å². The topological polar surface area (TPSA) is 9.23 Å². The summed E-state index contributed by atoms with van der Waals surface area (Å²) in [5.41, 5.74) is -0.180. The third-order valence-corrected chi connectivity index (χ3v) is 3.98. The van der Waals surface area contributed by atoms with Crippen LogP contribution in [0.15, 0.2) is 0 Å². The van der Waals surface area contributed by atoms with Crippen LogP contribution < -0.4 is 0 Å². The van der Waals surface area contributed by atoms with Crippen LogP contribution in [0.2, 0.25) is 0 Å². The molecule has 5 heteroatoms. The molecule has 0 bridgehead atoms. The molecule has 0 aromatic carbocycles. The average molecular weight is 243 g/mol. The Hall–Kier alpha value is 0.0400. The van der Waals surface area contributed by atoms with E-state index in [9.17, 15) is 13.2 Å². The van der Waals surface area contributed by atoms with Crippen LogP contribution in [0.4, 0.5) is 13.2 Å². The first kappa shape index (κ1) is 11.5. The van der Waals surface area contributed by atoms with E-state index in [1.54, 1.807) is 0 Å². The normalized spacial score (nSPS) is 39.2. The van der Waals surface area contributed by atoms with E-state index in [4.69, 9.17) is 16.3 Å². The number of halogens is 4. The maximum absolute atomic E-state index is 11.9. The van der Waals surface area contributed by atoms with Crippen molar-refractivity contribution in [1.29, 1.82) is 0 Å². The Morgan fingerprint density at radius 2 is 1.87 bits per heavy atom. The quantitative estimate of drug-likeness (QED) is 0.688. The molecular weight excluding hydrogens is 229 g/mol. The van der Waals surface area contributed by atoms with Crippen LogP contribution in [0.25, 0.3) is 0 Å². The van der Waals surface area contributed by atoms with Crippen molar-refractivity contribution in [3.05, 3.63) is 0 Å². The Morgan fingerprint density at radius 3 is 2.33 bits per heavy atom. The first-order valence-corrected chi connectivity index (χ1v) is 5.68. The monoisotopic (exact) mass is 242 g/mol. The van der Waals surface area contributed by atoms with Gasteiger partial charge in [0.25, 0.3) is 0 Å². The van der Waals surface area contributed by atoms with E-state index in [2.05, 4.69) is 0 Å². The SMILES string of the molecule is FC(F)(F)COCC1(CCl)CC2CC2C1. The number of rotatable bonds is 4. The summed E-state index contributed by atoms with van der Waals surface area (Å²) in [6, 6.07) is 0. The van der Waals surface area contributed by atoms with Crippen LogP contribution in [0.3, 0.4) is 0 Å². The third kappa shape index (κ3) is 2.78. The van der Waals surface area contributed by atoms with E-state index in [0.717, 1.165) is 12.8 Å². The predicted molar refractivity (Wildman–Crippen MR) is 50.9 cm³/mol. The molecule has 2 aliphatic rings. The molecule has 0 spiro atoms. The second-order valence-corrected chi connectivity index (χ2v) is 5.17. The molecule has 2 rings (SSSR count). The molecule has 15 heavy (non-hydrogen) atoms. The molecule has 0 radical (unpaired) electrons. The van der Waals surface area contributed by atoms with Crippen molar-refractivity contribution < 1.29 is 17.9 Å². The van der Waals surface area contributed by atoms with Gasteiger partial charge >= 0.3 is 6.18 Å². The van der Waals surface area contributed by atoms with Crippen molar-refractivity contribution in [1.82, 2.24) is 0 Å². The summed E-state index contributed by atoms with van der Waals surface area (Å²) in [5.74, 6) is 1.83. The molecule has 0 saturated heterocycles. The standard InChI is InChI=1S/C10H14ClF3O/c11-4-9(2-7-1-8(7)3-9)5-15-6-10(12,13)14/h7-8H,1-6H2. The molecule has 0 N–H and O–H groups in total. The van der Waals surface area contributed by atoms with Gasteiger partial charge in [-0.25, -0.2) is 0 Å². The molecule has 2 atom stereocenters. The van der Waals surface area contributed by atoms with Gasteiger partial charge in [0.2, 0.25) is 0 Å². The van der Waals surface area contributed by atoms with Gasteiger partial charge in [-0.05, 0) is 31.1 Å². The van der Waals surface area contributed by atoms with Crippen LogP contribution in [-0.4, -0.2) is 25.3 Å². The fourth-order valence-electron chi connectivity index (χ4n) is 2.65. The van der Waals surface area contributed by atoms with E-state index in [1.807, 2.05) is 0 Å². The van der Waals surface area contributed by atoms with Gasteiger partial charge < -0.3 is 4.74 Å². The van der Waals surface area contributed by atoms with Gasteiger partial charge in [0, 0.05) is 11.3 Å². The van der Waals surface area contributed by atoms with Gasteiger partial charge in [-0.15, -0.1) is 11.6 Å². The first-order chi connectivity index (χ1) is 6.94. The fraction of sp³-hybridized carbons (Fsp3) is 1.00. The molecule has 88 valence electrons. The smallest absolute Gasteiger partial charge is 0.371 e. The highest BCUT2D eigenvalue weighted by Crippen LogP contribution is 2.60. The largest absolute Gasteiger partial charge is 0.411 e. The minimum Gasteiger partial charge on any atom is -0.371 e. The maximum atomic E-state index is 11.9. The summed E-state index contributed by atoms with van der Waals surface area (Å²) < 4.78 is 40.4. The van der Waals surface area contributed by atoms with Crippen LogP contribution in [0.5, 0.6) is 0 Å². The second-order valence-electron chi connectivity index (χ2n) is 4.91. The summed E-state index contributed by atoms with van der Waals surface area (Å²) in [6.45, 7) is -0.996. The second kappa shape index (κ2) is 3.81. The highest BCUT2D eigenvalue weighted by atomic mass is 35.5. The number of alkyl halides is 4. The molecule has 0 heterocycles. The van der Waals surface area contributed by atoms with Crippen LogP contribution in [0, 0.1) is 17.3 Å². The minimum atomic E-state index is -4.23. The van der Waals surface area contributed by atoms with Gasteiger partial charge in [-0.3, -0.25) is 0 Å². The average Bonchev–Trinajstić information content (AvgIpc) is 2.73. The lowest BCUT2D eigenvalue weighted by Gasteiger charge is -2.28. The Labute approximate surface area is 91.9 Å². The molecular formula is C10H14ClF3O. The van der Waals surface area contributed by atoms with Crippen LogP contribution in [0.1, 0.15) is 19.3 Å². The lowest BCUT2D eigenvalue weighted by molar-refractivity contribution is -0.180. The van der Waals surface area contributed by atoms with Crippen molar-refractivity contribution in [2.24, 2.45) is 17.3 Å². The summed E-state index contributed by atoms with van der Waals surface area (Å²) in [6.07, 6.45) is -1.11. The first-order valence-electron chi connectivity index (χ1n) is 5.15. The lowest BCUT2D eigenvalue weighted by atomic mass is 9.86. The fourth-order valence-corrected chi connectivity index (χ4v) is 2.95. The highest BCUT2D eigenvalue weighted by molar-refractivity contribution is 6.18. The number of ether oxygens (including phenoxy) is 1. The maximum Gasteiger partial charge on any atom is 0.411 e. The molecule has 2 fully saturated rings. The van der Waals surface area contributed by atoms with Crippen molar-refractivity contribution in [2.75, 3.05) is 19.1 Å². The van der Waals surface area contributed by atoms with Crippen molar-refractivity contribution in [2.45, 2.75) is 25.4 Å². The van der Waals surface area contributed by atoms with Crippen molar-refractivity contribution in [3.8, 4) is 0 Å². The number of fused-ring (bicyclic) bond motifs is 1. The molecule has 0 amide bonds. The lowest BCUT2D eigenvalue weighted by Crippen LogP contribution is -2.30. The van der Waals surface area contributed by atoms with Gasteiger partial charge in [0.1, 0.15) is 6.61 Å². The predicted octanol–water partition coefficient (Wildman–Crippen LogP) is 3.22. The summed E-state index contributed by atoms with van der Waals surface area (Å²) in [4.78, 5) is 0. The Morgan fingerprint density at radius 1 is 1.27 bits per heavy atom. The molecule has 1 nitrogen and oxygen atoms in total. The minimum absolute atomic E-state index is 0.156. The molecule has 2 aliphatic carbocycles. The molecule has 2 saturated carbocycles. The van der Waals surface area contributed by atoms with Crippen LogP contribution in [-0.2, 0) is 4.74 Å². The van der Waals surface area contributed by atoms with E-state index < -0.39 is 12.8 Å². The van der Waals surface area contributed by atoms with E-state index in [1.165, 1.54) is 6.42 Å². The van der Waals surface area contributed by atoms with E-state index in [-0.39, 0.29) is 12.0 Å².